The highest BCUT2D eigenvalue weighted by atomic mass is 16.1. The molecular weight excluding hydrogens is 274 g/mol. The largest absolute Gasteiger partial charge is 0.326 e. The van der Waals surface area contributed by atoms with Gasteiger partial charge >= 0.3 is 0 Å². The molecule has 22 heavy (non-hydrogen) atoms. The Morgan fingerprint density at radius 2 is 1.86 bits per heavy atom. The van der Waals surface area contributed by atoms with E-state index in [0.29, 0.717) is 6.42 Å². The number of ketones is 1. The van der Waals surface area contributed by atoms with Gasteiger partial charge in [-0.2, -0.15) is 0 Å². The Kier molecular flexibility index (Phi) is 3.63. The number of benzene rings is 2. The smallest absolute Gasteiger partial charge is 0.221 e. The van der Waals surface area contributed by atoms with Crippen molar-refractivity contribution in [2.45, 2.75) is 20.3 Å². The second-order valence-corrected chi connectivity index (χ2v) is 5.53. The molecule has 0 saturated carbocycles. The van der Waals surface area contributed by atoms with Crippen LogP contribution in [0.5, 0.6) is 0 Å². The predicted molar refractivity (Wildman–Crippen MR) is 87.9 cm³/mol. The zero-order valence-electron chi connectivity index (χ0n) is 12.6. The second-order valence-electron chi connectivity index (χ2n) is 5.53. The number of fused-ring (bicyclic) bond motifs is 1. The average molecular weight is 291 g/mol. The van der Waals surface area contributed by atoms with Crippen LogP contribution >= 0.6 is 0 Å². The number of Topliss-reactive ketones (excluding diaryl/α,β-unsaturated/α-hetero) is 1. The summed E-state index contributed by atoms with van der Waals surface area (Å²) in [5, 5.41) is 2.81. The van der Waals surface area contributed by atoms with Gasteiger partial charge in [0, 0.05) is 30.2 Å². The molecule has 0 heterocycles. The number of amides is 1. The summed E-state index contributed by atoms with van der Waals surface area (Å²) in [5.41, 5.74) is 5.33. The molecule has 0 aliphatic heterocycles. The molecule has 0 unspecified atom stereocenters. The molecule has 2 aromatic rings. The highest BCUT2D eigenvalue weighted by Crippen LogP contribution is 2.33. The zero-order valence-corrected chi connectivity index (χ0v) is 12.6. The Labute approximate surface area is 129 Å². The van der Waals surface area contributed by atoms with Crippen molar-refractivity contribution in [1.82, 2.24) is 0 Å². The molecule has 1 aliphatic carbocycles. The third-order valence-electron chi connectivity index (χ3n) is 3.95. The maximum Gasteiger partial charge on any atom is 0.221 e. The molecule has 0 aromatic heterocycles. The molecule has 110 valence electrons. The van der Waals surface area contributed by atoms with Crippen LogP contribution < -0.4 is 5.32 Å². The highest BCUT2D eigenvalue weighted by molar-refractivity contribution is 6.16. The van der Waals surface area contributed by atoms with Crippen LogP contribution in [0.3, 0.4) is 0 Å². The van der Waals surface area contributed by atoms with Gasteiger partial charge in [-0.15, -0.1) is 0 Å². The van der Waals surface area contributed by atoms with E-state index in [4.69, 9.17) is 0 Å². The van der Waals surface area contributed by atoms with Crippen molar-refractivity contribution < 1.29 is 9.59 Å². The fraction of sp³-hybridized carbons (Fsp3) is 0.158. The van der Waals surface area contributed by atoms with E-state index in [2.05, 4.69) is 5.32 Å². The minimum atomic E-state index is -0.104. The van der Waals surface area contributed by atoms with Crippen LogP contribution in [0.1, 0.15) is 34.0 Å². The summed E-state index contributed by atoms with van der Waals surface area (Å²) < 4.78 is 0. The van der Waals surface area contributed by atoms with E-state index in [1.807, 2.05) is 49.4 Å². The van der Waals surface area contributed by atoms with Crippen molar-refractivity contribution in [3.8, 4) is 0 Å². The third-order valence-corrected chi connectivity index (χ3v) is 3.95. The monoisotopic (exact) mass is 291 g/mol. The lowest BCUT2D eigenvalue weighted by Crippen LogP contribution is -2.08. The Balaban J connectivity index is 1.99. The first-order valence-corrected chi connectivity index (χ1v) is 7.26. The summed E-state index contributed by atoms with van der Waals surface area (Å²) in [6, 6.07) is 13.5. The van der Waals surface area contributed by atoms with E-state index < -0.39 is 0 Å². The number of nitrogens with one attached hydrogen (secondary N) is 1. The average Bonchev–Trinajstić information content (AvgIpc) is 2.80. The van der Waals surface area contributed by atoms with Crippen LogP contribution in [0.4, 0.5) is 5.69 Å². The lowest BCUT2D eigenvalue weighted by molar-refractivity contribution is -0.114. The van der Waals surface area contributed by atoms with Gasteiger partial charge in [-0.3, -0.25) is 9.59 Å². The molecule has 3 nitrogen and oxygen atoms in total. The fourth-order valence-corrected chi connectivity index (χ4v) is 2.83. The number of carbonyl (C=O) groups is 2. The Bertz CT molecular complexity index is 789. The minimum Gasteiger partial charge on any atom is -0.326 e. The summed E-state index contributed by atoms with van der Waals surface area (Å²) in [6.07, 6.45) is 2.56. The third kappa shape index (κ3) is 2.58. The molecule has 3 rings (SSSR count). The topological polar surface area (TPSA) is 46.2 Å². The van der Waals surface area contributed by atoms with Gasteiger partial charge in [0.2, 0.25) is 5.91 Å². The molecule has 1 amide bonds. The molecule has 1 N–H and O–H groups in total. The van der Waals surface area contributed by atoms with Crippen LogP contribution in [0.25, 0.3) is 6.08 Å². The lowest BCUT2D eigenvalue weighted by Gasteiger charge is -2.10. The van der Waals surface area contributed by atoms with E-state index >= 15 is 0 Å². The first kappa shape index (κ1) is 14.3. The molecule has 2 aromatic carbocycles. The van der Waals surface area contributed by atoms with E-state index in [9.17, 15) is 9.59 Å². The molecule has 3 heteroatoms. The normalized spacial score (nSPS) is 15.0. The van der Waals surface area contributed by atoms with Gasteiger partial charge in [-0.25, -0.2) is 0 Å². The maximum absolute atomic E-state index is 12.5. The number of hydrogen-bond acceptors (Lipinski definition) is 2. The van der Waals surface area contributed by atoms with Crippen LogP contribution in [0, 0.1) is 6.92 Å². The number of carbonyl (C=O) groups excluding carboxylic acids is 2. The maximum atomic E-state index is 12.5. The Morgan fingerprint density at radius 3 is 2.55 bits per heavy atom. The highest BCUT2D eigenvalue weighted by Gasteiger charge is 2.27. The zero-order chi connectivity index (χ0) is 15.7. The lowest BCUT2D eigenvalue weighted by atomic mass is 10.0. The molecule has 0 spiro atoms. The molecule has 0 saturated heterocycles. The summed E-state index contributed by atoms with van der Waals surface area (Å²) in [6.45, 7) is 3.43. The van der Waals surface area contributed by atoms with E-state index in [0.717, 1.165) is 33.5 Å². The van der Waals surface area contributed by atoms with Gasteiger partial charge < -0.3 is 5.32 Å². The van der Waals surface area contributed by atoms with Gasteiger partial charge in [-0.1, -0.05) is 30.3 Å². The standard InChI is InChI=1S/C19H17NO2/c1-12-17-11-15(10-14-6-4-3-5-7-14)19(22)16(17)8-9-18(12)20-13(2)21/h3-10H,11H2,1-2H3,(H,20,21). The summed E-state index contributed by atoms with van der Waals surface area (Å²) in [5.74, 6) is -0.0243. The Morgan fingerprint density at radius 1 is 1.14 bits per heavy atom. The molecule has 0 fully saturated rings. The van der Waals surface area contributed by atoms with Gasteiger partial charge in [0.15, 0.2) is 5.78 Å². The van der Waals surface area contributed by atoms with Crippen LogP contribution in [0.2, 0.25) is 0 Å². The molecule has 0 radical (unpaired) electrons. The van der Waals surface area contributed by atoms with Gasteiger partial charge in [-0.05, 0) is 41.8 Å². The van der Waals surface area contributed by atoms with Crippen LogP contribution in [-0.4, -0.2) is 11.7 Å². The van der Waals surface area contributed by atoms with E-state index in [1.54, 1.807) is 6.07 Å². The quantitative estimate of drug-likeness (QED) is 0.856. The van der Waals surface area contributed by atoms with Crippen molar-refractivity contribution in [3.63, 3.8) is 0 Å². The number of hydrogen-bond donors (Lipinski definition) is 1. The van der Waals surface area contributed by atoms with Crippen LogP contribution in [-0.2, 0) is 11.2 Å². The number of rotatable bonds is 2. The first-order valence-electron chi connectivity index (χ1n) is 7.26. The molecule has 0 bridgehead atoms. The number of allylic oxidation sites excluding steroid dienone is 1. The van der Waals surface area contributed by atoms with Gasteiger partial charge in [0.25, 0.3) is 0 Å². The van der Waals surface area contributed by atoms with Crippen molar-refractivity contribution in [2.75, 3.05) is 5.32 Å². The van der Waals surface area contributed by atoms with E-state index in [-0.39, 0.29) is 11.7 Å². The summed E-state index contributed by atoms with van der Waals surface area (Å²) in [4.78, 5) is 23.8. The first-order chi connectivity index (χ1) is 10.6. The van der Waals surface area contributed by atoms with Crippen molar-refractivity contribution in [3.05, 3.63) is 70.3 Å². The van der Waals surface area contributed by atoms with Crippen LogP contribution in [0.15, 0.2) is 48.0 Å². The van der Waals surface area contributed by atoms with Crippen molar-refractivity contribution in [1.29, 1.82) is 0 Å². The summed E-state index contributed by atoms with van der Waals surface area (Å²) in [7, 11) is 0. The molecular formula is C19H17NO2. The summed E-state index contributed by atoms with van der Waals surface area (Å²) >= 11 is 0. The van der Waals surface area contributed by atoms with Crippen molar-refractivity contribution in [2.24, 2.45) is 0 Å². The van der Waals surface area contributed by atoms with Gasteiger partial charge in [0.05, 0.1) is 0 Å². The number of anilines is 1. The Hall–Kier alpha value is -2.68. The van der Waals surface area contributed by atoms with Crippen molar-refractivity contribution >= 4 is 23.5 Å². The predicted octanol–water partition coefficient (Wildman–Crippen LogP) is 3.78. The van der Waals surface area contributed by atoms with E-state index in [1.165, 1.54) is 6.92 Å². The molecule has 1 aliphatic rings. The van der Waals surface area contributed by atoms with Gasteiger partial charge in [0.1, 0.15) is 0 Å². The fourth-order valence-electron chi connectivity index (χ4n) is 2.83. The minimum absolute atomic E-state index is 0.0799. The second kappa shape index (κ2) is 5.60. The SMILES string of the molecule is CC(=O)Nc1ccc2c(c1C)CC(=Cc1ccccc1)C2=O. The molecule has 0 atom stereocenters.